The van der Waals surface area contributed by atoms with E-state index in [9.17, 15) is 9.59 Å². The lowest BCUT2D eigenvalue weighted by Crippen LogP contribution is -2.03. The van der Waals surface area contributed by atoms with Gasteiger partial charge in [0.05, 0.1) is 0 Å². The van der Waals surface area contributed by atoms with E-state index in [1.54, 1.807) is 30.3 Å². The van der Waals surface area contributed by atoms with Crippen molar-refractivity contribution in [1.82, 2.24) is 0 Å². The Morgan fingerprint density at radius 3 is 2.00 bits per heavy atom. The molecule has 0 saturated heterocycles. The van der Waals surface area contributed by atoms with Crippen molar-refractivity contribution < 1.29 is 9.59 Å². The average molecular weight is 259 g/mol. The van der Waals surface area contributed by atoms with Crippen LogP contribution in [0.4, 0.5) is 0 Å². The van der Waals surface area contributed by atoms with Crippen molar-refractivity contribution in [3.8, 4) is 0 Å². The van der Waals surface area contributed by atoms with Gasteiger partial charge in [-0.1, -0.05) is 36.4 Å². The molecule has 0 atom stereocenters. The summed E-state index contributed by atoms with van der Waals surface area (Å²) in [5.41, 5.74) is 2.53. The molecule has 0 spiro atoms. The highest BCUT2D eigenvalue weighted by atomic mass is 35.5. The standard InChI is InChI=1S/C15H11ClO2/c1-10-4-2-3-5-13(10)14(17)11-6-8-12(9-7-11)15(16)18/h2-9H,1H3. The highest BCUT2D eigenvalue weighted by Crippen LogP contribution is 2.15. The first kappa shape index (κ1) is 12.5. The minimum absolute atomic E-state index is 0.0540. The summed E-state index contributed by atoms with van der Waals surface area (Å²) < 4.78 is 0. The summed E-state index contributed by atoms with van der Waals surface area (Å²) in [6.07, 6.45) is 0. The van der Waals surface area contributed by atoms with Crippen LogP contribution >= 0.6 is 11.6 Å². The summed E-state index contributed by atoms with van der Waals surface area (Å²) >= 11 is 5.35. The van der Waals surface area contributed by atoms with Gasteiger partial charge in [-0.3, -0.25) is 9.59 Å². The molecule has 0 aliphatic rings. The van der Waals surface area contributed by atoms with Gasteiger partial charge in [-0.05, 0) is 36.2 Å². The molecule has 2 nitrogen and oxygen atoms in total. The molecule has 0 heterocycles. The fourth-order valence-corrected chi connectivity index (χ4v) is 1.86. The number of aryl methyl sites for hydroxylation is 1. The van der Waals surface area contributed by atoms with Crippen molar-refractivity contribution in [2.45, 2.75) is 6.92 Å². The Morgan fingerprint density at radius 2 is 1.44 bits per heavy atom. The molecule has 0 aromatic heterocycles. The number of halogens is 1. The van der Waals surface area contributed by atoms with Gasteiger partial charge in [0.1, 0.15) is 0 Å². The highest BCUT2D eigenvalue weighted by molar-refractivity contribution is 6.67. The Morgan fingerprint density at radius 1 is 0.889 bits per heavy atom. The Bertz CT molecular complexity index is 600. The maximum Gasteiger partial charge on any atom is 0.252 e. The third kappa shape index (κ3) is 2.49. The third-order valence-corrected chi connectivity index (χ3v) is 2.98. The molecule has 0 amide bonds. The Balaban J connectivity index is 2.35. The second-order valence-corrected chi connectivity index (χ2v) is 4.34. The summed E-state index contributed by atoms with van der Waals surface area (Å²) in [7, 11) is 0. The van der Waals surface area contributed by atoms with Crippen LogP contribution in [0.15, 0.2) is 48.5 Å². The van der Waals surface area contributed by atoms with E-state index < -0.39 is 5.24 Å². The molecule has 2 aromatic carbocycles. The highest BCUT2D eigenvalue weighted by Gasteiger charge is 2.11. The molecule has 0 bridgehead atoms. The number of carbonyl (C=O) groups is 2. The zero-order valence-corrected chi connectivity index (χ0v) is 10.6. The van der Waals surface area contributed by atoms with E-state index in [1.165, 1.54) is 0 Å². The Labute approximate surface area is 110 Å². The maximum absolute atomic E-state index is 12.2. The minimum atomic E-state index is -0.523. The molecule has 0 aliphatic carbocycles. The molecule has 90 valence electrons. The zero-order chi connectivity index (χ0) is 13.1. The molecule has 18 heavy (non-hydrogen) atoms. The van der Waals surface area contributed by atoms with E-state index in [0.717, 1.165) is 5.56 Å². The molecule has 0 N–H and O–H groups in total. The molecule has 0 aliphatic heterocycles. The number of ketones is 1. The van der Waals surface area contributed by atoms with Gasteiger partial charge in [-0.25, -0.2) is 0 Å². The zero-order valence-electron chi connectivity index (χ0n) is 9.81. The van der Waals surface area contributed by atoms with Crippen molar-refractivity contribution in [3.63, 3.8) is 0 Å². The predicted molar refractivity (Wildman–Crippen MR) is 71.2 cm³/mol. The normalized spacial score (nSPS) is 10.1. The van der Waals surface area contributed by atoms with E-state index in [-0.39, 0.29) is 5.78 Å². The van der Waals surface area contributed by atoms with Gasteiger partial charge in [0, 0.05) is 16.7 Å². The molecular formula is C15H11ClO2. The first-order valence-electron chi connectivity index (χ1n) is 5.50. The molecule has 0 radical (unpaired) electrons. The number of hydrogen-bond acceptors (Lipinski definition) is 2. The van der Waals surface area contributed by atoms with Crippen molar-refractivity contribution in [1.29, 1.82) is 0 Å². The number of rotatable bonds is 3. The quantitative estimate of drug-likeness (QED) is 0.623. The summed E-state index contributed by atoms with van der Waals surface area (Å²) in [6, 6.07) is 13.7. The van der Waals surface area contributed by atoms with Crippen LogP contribution < -0.4 is 0 Å². The first-order valence-corrected chi connectivity index (χ1v) is 5.87. The second-order valence-electron chi connectivity index (χ2n) is 4.00. The van der Waals surface area contributed by atoms with E-state index in [0.29, 0.717) is 16.7 Å². The lowest BCUT2D eigenvalue weighted by molar-refractivity contribution is 0.103. The maximum atomic E-state index is 12.2. The van der Waals surface area contributed by atoms with Crippen LogP contribution in [0, 0.1) is 6.92 Å². The number of benzene rings is 2. The van der Waals surface area contributed by atoms with Crippen LogP contribution in [-0.2, 0) is 0 Å². The SMILES string of the molecule is Cc1ccccc1C(=O)c1ccc(C(=O)Cl)cc1. The minimum Gasteiger partial charge on any atom is -0.289 e. The van der Waals surface area contributed by atoms with Crippen LogP contribution in [0.5, 0.6) is 0 Å². The van der Waals surface area contributed by atoms with Crippen molar-refractivity contribution >= 4 is 22.6 Å². The monoisotopic (exact) mass is 258 g/mol. The molecule has 3 heteroatoms. The predicted octanol–water partition coefficient (Wildman–Crippen LogP) is 3.61. The van der Waals surface area contributed by atoms with Gasteiger partial charge in [0.2, 0.25) is 0 Å². The molecular weight excluding hydrogens is 248 g/mol. The lowest BCUT2D eigenvalue weighted by atomic mass is 9.98. The van der Waals surface area contributed by atoms with Crippen LogP contribution in [0.3, 0.4) is 0 Å². The van der Waals surface area contributed by atoms with Crippen molar-refractivity contribution in [2.24, 2.45) is 0 Å². The first-order chi connectivity index (χ1) is 8.59. The Hall–Kier alpha value is -1.93. The second kappa shape index (κ2) is 5.15. The van der Waals surface area contributed by atoms with Crippen LogP contribution in [0.1, 0.15) is 31.8 Å². The summed E-state index contributed by atoms with van der Waals surface area (Å²) in [5.74, 6) is -0.0540. The van der Waals surface area contributed by atoms with Gasteiger partial charge in [0.25, 0.3) is 5.24 Å². The lowest BCUT2D eigenvalue weighted by Gasteiger charge is -2.04. The van der Waals surface area contributed by atoms with E-state index in [4.69, 9.17) is 11.6 Å². The van der Waals surface area contributed by atoms with Gasteiger partial charge >= 0.3 is 0 Å². The van der Waals surface area contributed by atoms with E-state index in [2.05, 4.69) is 0 Å². The van der Waals surface area contributed by atoms with Gasteiger partial charge in [-0.2, -0.15) is 0 Å². The topological polar surface area (TPSA) is 34.1 Å². The van der Waals surface area contributed by atoms with E-state index in [1.807, 2.05) is 25.1 Å². The van der Waals surface area contributed by atoms with Gasteiger partial charge in [0.15, 0.2) is 5.78 Å². The summed E-state index contributed by atoms with van der Waals surface area (Å²) in [6.45, 7) is 1.89. The van der Waals surface area contributed by atoms with Crippen molar-refractivity contribution in [2.75, 3.05) is 0 Å². The van der Waals surface area contributed by atoms with E-state index >= 15 is 0 Å². The molecule has 2 aromatic rings. The molecule has 2 rings (SSSR count). The van der Waals surface area contributed by atoms with Crippen molar-refractivity contribution in [3.05, 3.63) is 70.8 Å². The Kier molecular flexibility index (Phi) is 3.58. The molecule has 0 unspecified atom stereocenters. The fourth-order valence-electron chi connectivity index (χ4n) is 1.74. The number of carbonyl (C=O) groups excluding carboxylic acids is 2. The largest absolute Gasteiger partial charge is 0.289 e. The van der Waals surface area contributed by atoms with Crippen LogP contribution in [0.2, 0.25) is 0 Å². The molecule has 0 saturated carbocycles. The summed E-state index contributed by atoms with van der Waals surface area (Å²) in [5, 5.41) is -0.523. The van der Waals surface area contributed by atoms with Crippen LogP contribution in [-0.4, -0.2) is 11.0 Å². The summed E-state index contributed by atoms with van der Waals surface area (Å²) in [4.78, 5) is 23.2. The van der Waals surface area contributed by atoms with Gasteiger partial charge < -0.3 is 0 Å². The smallest absolute Gasteiger partial charge is 0.252 e. The number of hydrogen-bond donors (Lipinski definition) is 0. The fraction of sp³-hybridized carbons (Fsp3) is 0.0667. The molecule has 0 fully saturated rings. The van der Waals surface area contributed by atoms with Crippen LogP contribution in [0.25, 0.3) is 0 Å². The van der Waals surface area contributed by atoms with Gasteiger partial charge in [-0.15, -0.1) is 0 Å². The third-order valence-electron chi connectivity index (χ3n) is 2.76. The average Bonchev–Trinajstić information content (AvgIpc) is 2.38.